The van der Waals surface area contributed by atoms with Gasteiger partial charge in [0.25, 0.3) is 8.32 Å². The molecule has 0 radical (unpaired) electrons. The van der Waals surface area contributed by atoms with Crippen LogP contribution in [0.4, 0.5) is 0 Å². The van der Waals surface area contributed by atoms with E-state index < -0.39 is 30.0 Å². The molecule has 198 valence electrons. The Morgan fingerprint density at radius 3 is 1.92 bits per heavy atom. The second kappa shape index (κ2) is 10.8. The molecule has 5 nitrogen and oxygen atoms in total. The van der Waals surface area contributed by atoms with Crippen molar-refractivity contribution in [1.29, 1.82) is 0 Å². The summed E-state index contributed by atoms with van der Waals surface area (Å²) in [6.45, 7) is 13.7. The van der Waals surface area contributed by atoms with Gasteiger partial charge in [0, 0.05) is 16.9 Å². The third-order valence-corrected chi connectivity index (χ3v) is 13.7. The first-order chi connectivity index (χ1) is 17.4. The van der Waals surface area contributed by atoms with E-state index in [2.05, 4.69) is 74.0 Å². The smallest absolute Gasteiger partial charge is 0.261 e. The Morgan fingerprint density at radius 1 is 0.946 bits per heavy atom. The lowest BCUT2D eigenvalue weighted by Gasteiger charge is -2.45. The van der Waals surface area contributed by atoms with E-state index in [1.807, 2.05) is 39.0 Å². The SMILES string of the molecule is CC(C)(C)[S+]([O-])NC1(c2ccc(Cl)nc2CO[Si](c2ccccc2)(c2ccccc2)C(C)(C)C)COC1. The molecule has 1 aliphatic rings. The van der Waals surface area contributed by atoms with Gasteiger partial charge in [0.05, 0.1) is 25.5 Å². The lowest BCUT2D eigenvalue weighted by atomic mass is 9.88. The third kappa shape index (κ3) is 5.69. The summed E-state index contributed by atoms with van der Waals surface area (Å²) in [4.78, 5) is 4.73. The molecule has 1 aliphatic heterocycles. The van der Waals surface area contributed by atoms with E-state index in [-0.39, 0.29) is 11.6 Å². The van der Waals surface area contributed by atoms with Crippen LogP contribution in [0.15, 0.2) is 72.8 Å². The summed E-state index contributed by atoms with van der Waals surface area (Å²) in [5.74, 6) is 0. The molecule has 3 aromatic rings. The van der Waals surface area contributed by atoms with Crippen LogP contribution in [0.25, 0.3) is 0 Å². The van der Waals surface area contributed by atoms with Gasteiger partial charge in [-0.2, -0.15) is 0 Å². The number of halogens is 1. The largest absolute Gasteiger partial charge is 0.598 e. The lowest BCUT2D eigenvalue weighted by Crippen LogP contribution is -2.66. The van der Waals surface area contributed by atoms with Crippen LogP contribution in [0.2, 0.25) is 10.2 Å². The Hall–Kier alpha value is -1.71. The second-order valence-electron chi connectivity index (χ2n) is 11.6. The van der Waals surface area contributed by atoms with Gasteiger partial charge in [-0.1, -0.05) is 99.1 Å². The summed E-state index contributed by atoms with van der Waals surface area (Å²) in [5, 5.41) is 2.63. The van der Waals surface area contributed by atoms with Crippen molar-refractivity contribution in [1.82, 2.24) is 9.71 Å². The van der Waals surface area contributed by atoms with Gasteiger partial charge in [-0.15, -0.1) is 4.72 Å². The first-order valence-corrected chi connectivity index (χ1v) is 16.0. The number of benzene rings is 2. The molecule has 2 heterocycles. The number of nitrogens with one attached hydrogen (secondary N) is 1. The van der Waals surface area contributed by atoms with Crippen LogP contribution in [0, 0.1) is 0 Å². The van der Waals surface area contributed by atoms with Crippen LogP contribution in [-0.4, -0.2) is 35.8 Å². The van der Waals surface area contributed by atoms with Crippen LogP contribution in [-0.2, 0) is 32.7 Å². The standard InChI is InChI=1S/C29H37ClN2O3SSi/c1-27(2,3)36(33)32-29(20-34-21-29)24-17-18-26(30)31-25(24)19-35-37(28(4,5)6,22-13-9-7-10-14-22)23-15-11-8-12-16-23/h7-18,32H,19-21H2,1-6H3. The van der Waals surface area contributed by atoms with Crippen molar-refractivity contribution >= 4 is 41.7 Å². The Bertz CT molecular complexity index is 1160. The molecule has 0 saturated carbocycles. The molecule has 2 aromatic carbocycles. The number of aromatic nitrogens is 1. The van der Waals surface area contributed by atoms with Crippen LogP contribution < -0.4 is 15.1 Å². The molecular formula is C29H37ClN2O3SSi. The van der Waals surface area contributed by atoms with Gasteiger partial charge < -0.3 is 13.7 Å². The fraction of sp³-hybridized carbons (Fsp3) is 0.414. The van der Waals surface area contributed by atoms with Gasteiger partial charge >= 0.3 is 0 Å². The third-order valence-electron chi connectivity index (χ3n) is 6.84. The molecule has 8 heteroatoms. The summed E-state index contributed by atoms with van der Waals surface area (Å²) >= 11 is 5.13. The molecule has 1 fully saturated rings. The fourth-order valence-corrected chi connectivity index (χ4v) is 10.4. The minimum atomic E-state index is -2.78. The summed E-state index contributed by atoms with van der Waals surface area (Å²) < 4.78 is 28.8. The van der Waals surface area contributed by atoms with Crippen molar-refractivity contribution in [2.45, 2.75) is 63.5 Å². The maximum absolute atomic E-state index is 13.1. The van der Waals surface area contributed by atoms with Crippen LogP contribution >= 0.6 is 11.6 Å². The Morgan fingerprint density at radius 2 is 1.49 bits per heavy atom. The molecule has 0 spiro atoms. The predicted octanol–water partition coefficient (Wildman–Crippen LogP) is 5.09. The Kier molecular flexibility index (Phi) is 8.27. The molecular weight excluding hydrogens is 520 g/mol. The first kappa shape index (κ1) is 28.3. The average molecular weight is 557 g/mol. The number of nitrogens with zero attached hydrogens (tertiary/aromatic N) is 1. The number of rotatable bonds is 8. The van der Waals surface area contributed by atoms with Gasteiger partial charge in [-0.25, -0.2) is 4.98 Å². The summed E-state index contributed by atoms with van der Waals surface area (Å²) in [6.07, 6.45) is 0. The van der Waals surface area contributed by atoms with Crippen LogP contribution in [0.3, 0.4) is 0 Å². The van der Waals surface area contributed by atoms with E-state index in [9.17, 15) is 4.55 Å². The summed E-state index contributed by atoms with van der Waals surface area (Å²) in [5.41, 5.74) is 1.04. The zero-order valence-corrected chi connectivity index (χ0v) is 25.1. The van der Waals surface area contributed by atoms with E-state index in [1.165, 1.54) is 10.4 Å². The van der Waals surface area contributed by atoms with Crippen LogP contribution in [0.1, 0.15) is 52.8 Å². The van der Waals surface area contributed by atoms with E-state index in [1.54, 1.807) is 6.07 Å². The van der Waals surface area contributed by atoms with E-state index in [0.717, 1.165) is 11.3 Å². The minimum absolute atomic E-state index is 0.169. The zero-order valence-electron chi connectivity index (χ0n) is 22.5. The average Bonchev–Trinajstić information content (AvgIpc) is 2.82. The number of hydrogen-bond acceptors (Lipinski definition) is 5. The molecule has 0 bridgehead atoms. The predicted molar refractivity (Wildman–Crippen MR) is 155 cm³/mol. The highest BCUT2D eigenvalue weighted by Gasteiger charge is 2.52. The van der Waals surface area contributed by atoms with Gasteiger partial charge in [-0.05, 0) is 42.2 Å². The van der Waals surface area contributed by atoms with E-state index in [4.69, 9.17) is 25.7 Å². The highest BCUT2D eigenvalue weighted by atomic mass is 35.5. The van der Waals surface area contributed by atoms with Crippen molar-refractivity contribution in [3.63, 3.8) is 0 Å². The lowest BCUT2D eigenvalue weighted by molar-refractivity contribution is -0.0675. The number of pyridine rings is 1. The molecule has 1 atom stereocenters. The summed E-state index contributed by atoms with van der Waals surface area (Å²) in [6, 6.07) is 24.8. The van der Waals surface area contributed by atoms with Crippen LogP contribution in [0.5, 0.6) is 0 Å². The van der Waals surface area contributed by atoms with Gasteiger partial charge in [0.2, 0.25) is 0 Å². The van der Waals surface area contributed by atoms with Gasteiger partial charge in [0.15, 0.2) is 0 Å². The molecule has 1 saturated heterocycles. The molecule has 37 heavy (non-hydrogen) atoms. The Labute approximate surface area is 230 Å². The fourth-order valence-electron chi connectivity index (χ4n) is 4.86. The van der Waals surface area contributed by atoms with Crippen molar-refractivity contribution < 1.29 is 13.7 Å². The number of hydrogen-bond donors (Lipinski definition) is 1. The van der Waals surface area contributed by atoms with Gasteiger partial charge in [0.1, 0.15) is 15.4 Å². The normalized spacial score (nSPS) is 16.8. The topological polar surface area (TPSA) is 66.4 Å². The highest BCUT2D eigenvalue weighted by Crippen LogP contribution is 2.39. The van der Waals surface area contributed by atoms with Crippen molar-refractivity contribution in [2.24, 2.45) is 0 Å². The first-order valence-electron chi connectivity index (χ1n) is 12.6. The molecule has 1 aromatic heterocycles. The zero-order chi connectivity index (χ0) is 26.9. The number of ether oxygens (including phenoxy) is 1. The molecule has 1 unspecified atom stereocenters. The minimum Gasteiger partial charge on any atom is -0.598 e. The maximum atomic E-state index is 13.1. The van der Waals surface area contributed by atoms with E-state index in [0.29, 0.717) is 18.4 Å². The molecule has 0 aliphatic carbocycles. The highest BCUT2D eigenvalue weighted by molar-refractivity contribution is 7.90. The quantitative estimate of drug-likeness (QED) is 0.238. The molecule has 4 rings (SSSR count). The van der Waals surface area contributed by atoms with Crippen molar-refractivity contribution in [2.75, 3.05) is 13.2 Å². The van der Waals surface area contributed by atoms with Gasteiger partial charge in [-0.3, -0.25) is 0 Å². The van der Waals surface area contributed by atoms with Crippen molar-refractivity contribution in [3.8, 4) is 0 Å². The molecule has 1 N–H and O–H groups in total. The maximum Gasteiger partial charge on any atom is 0.261 e. The second-order valence-corrected chi connectivity index (χ2v) is 18.3. The molecule has 0 amide bonds. The van der Waals surface area contributed by atoms with Crippen molar-refractivity contribution in [3.05, 3.63) is 89.2 Å². The Balaban J connectivity index is 1.78. The summed E-state index contributed by atoms with van der Waals surface area (Å²) in [7, 11) is -2.78. The van der Waals surface area contributed by atoms with E-state index >= 15 is 0 Å². The monoisotopic (exact) mass is 556 g/mol.